The minimum absolute atomic E-state index is 0.301. The summed E-state index contributed by atoms with van der Waals surface area (Å²) < 4.78 is 6.05. The highest BCUT2D eigenvalue weighted by atomic mass is 16.6. The molecule has 0 amide bonds. The summed E-state index contributed by atoms with van der Waals surface area (Å²) in [4.78, 5) is 0. The first-order valence-corrected chi connectivity index (χ1v) is 4.73. The monoisotopic (exact) mass is 191 g/mol. The van der Waals surface area contributed by atoms with Gasteiger partial charge in [-0.25, -0.2) is 0 Å². The molecule has 0 saturated carbocycles. The molecule has 0 spiro atoms. The Balaban J connectivity index is 2.32. The second-order valence-electron chi connectivity index (χ2n) is 3.37. The lowest BCUT2D eigenvalue weighted by molar-refractivity contribution is -0.545. The highest BCUT2D eigenvalue weighted by Gasteiger charge is 2.29. The molecule has 14 heavy (non-hydrogen) atoms. The molecule has 3 heteroatoms. The van der Waals surface area contributed by atoms with Crippen LogP contribution >= 0.6 is 0 Å². The number of hydrogen-bond acceptors (Lipinski definition) is 2. The van der Waals surface area contributed by atoms with E-state index in [0.29, 0.717) is 0 Å². The molecule has 0 saturated heterocycles. The smallest absolute Gasteiger partial charge is 0.268 e. The Morgan fingerprint density at radius 2 is 2.07 bits per heavy atom. The van der Waals surface area contributed by atoms with Gasteiger partial charge in [0.15, 0.2) is 5.71 Å². The molecule has 1 aromatic carbocycles. The summed E-state index contributed by atoms with van der Waals surface area (Å²) in [6.07, 6.45) is 1.28. The van der Waals surface area contributed by atoms with Crippen molar-refractivity contribution in [2.45, 2.75) is 19.1 Å². The molecular formula is C11H13NO2. The van der Waals surface area contributed by atoms with Crippen LogP contribution in [0.4, 0.5) is 0 Å². The van der Waals surface area contributed by atoms with Crippen LogP contribution in [-0.4, -0.2) is 23.8 Å². The topological polar surface area (TPSA) is 35.3 Å². The summed E-state index contributed by atoms with van der Waals surface area (Å²) in [6.45, 7) is 0. The predicted molar refractivity (Wildman–Crippen MR) is 54.2 cm³/mol. The molecule has 1 atom stereocenters. The summed E-state index contributed by atoms with van der Waals surface area (Å²) in [7, 11) is 1.57. The van der Waals surface area contributed by atoms with Gasteiger partial charge in [0, 0.05) is 25.5 Å². The third-order valence-electron chi connectivity index (χ3n) is 2.53. The zero-order valence-corrected chi connectivity index (χ0v) is 8.14. The maximum absolute atomic E-state index is 11.7. The van der Waals surface area contributed by atoms with E-state index in [9.17, 15) is 5.21 Å². The van der Waals surface area contributed by atoms with Crippen molar-refractivity contribution in [2.24, 2.45) is 0 Å². The van der Waals surface area contributed by atoms with E-state index in [2.05, 4.69) is 0 Å². The fraction of sp³-hybridized carbons (Fsp3) is 0.364. The van der Waals surface area contributed by atoms with Gasteiger partial charge in [-0.1, -0.05) is 18.2 Å². The highest BCUT2D eigenvalue weighted by molar-refractivity contribution is 5.97. The fourth-order valence-corrected chi connectivity index (χ4v) is 1.78. The Bertz CT molecular complexity index is 346. The Morgan fingerprint density at radius 3 is 2.64 bits per heavy atom. The van der Waals surface area contributed by atoms with Crippen LogP contribution in [0.15, 0.2) is 30.3 Å². The van der Waals surface area contributed by atoms with Gasteiger partial charge in [0.1, 0.15) is 0 Å². The maximum Gasteiger partial charge on any atom is 0.268 e. The number of hydrogen-bond donors (Lipinski definition) is 0. The molecule has 1 aliphatic heterocycles. The zero-order chi connectivity index (χ0) is 9.97. The first kappa shape index (κ1) is 9.21. The van der Waals surface area contributed by atoms with Crippen LogP contribution in [0, 0.1) is 5.21 Å². The van der Waals surface area contributed by atoms with Gasteiger partial charge < -0.3 is 9.94 Å². The van der Waals surface area contributed by atoms with Crippen LogP contribution in [0.1, 0.15) is 18.4 Å². The van der Waals surface area contributed by atoms with Gasteiger partial charge in [-0.2, -0.15) is 4.74 Å². The Hall–Kier alpha value is -1.35. The number of nitrogens with zero attached hydrogens (tertiary/aromatic N) is 1. The average Bonchev–Trinajstić information content (AvgIpc) is 2.61. The lowest BCUT2D eigenvalue weighted by Crippen LogP contribution is -2.21. The van der Waals surface area contributed by atoms with E-state index in [1.54, 1.807) is 7.11 Å². The van der Waals surface area contributed by atoms with Gasteiger partial charge >= 0.3 is 0 Å². The Morgan fingerprint density at radius 1 is 1.36 bits per heavy atom. The van der Waals surface area contributed by atoms with Crippen molar-refractivity contribution in [1.29, 1.82) is 0 Å². The predicted octanol–water partition coefficient (Wildman–Crippen LogP) is 1.75. The average molecular weight is 191 g/mol. The first-order valence-electron chi connectivity index (χ1n) is 4.73. The van der Waals surface area contributed by atoms with E-state index >= 15 is 0 Å². The molecule has 1 aliphatic rings. The summed E-state index contributed by atoms with van der Waals surface area (Å²) >= 11 is 0. The molecule has 0 radical (unpaired) electrons. The van der Waals surface area contributed by atoms with Crippen molar-refractivity contribution in [1.82, 2.24) is 0 Å². The molecule has 0 aliphatic carbocycles. The molecule has 74 valence electrons. The molecule has 3 nitrogen and oxygen atoms in total. The normalized spacial score (nSPS) is 21.6. The zero-order valence-electron chi connectivity index (χ0n) is 8.14. The second-order valence-corrected chi connectivity index (χ2v) is 3.37. The Kier molecular flexibility index (Phi) is 2.50. The second kappa shape index (κ2) is 3.80. The van der Waals surface area contributed by atoms with Gasteiger partial charge in [-0.05, 0) is 12.1 Å². The van der Waals surface area contributed by atoms with Crippen LogP contribution < -0.4 is 0 Å². The van der Waals surface area contributed by atoms with Gasteiger partial charge in [-0.3, -0.25) is 0 Å². The van der Waals surface area contributed by atoms with Crippen LogP contribution in [0.25, 0.3) is 0 Å². The lowest BCUT2D eigenvalue weighted by atomic mass is 10.1. The molecule has 0 bridgehead atoms. The lowest BCUT2D eigenvalue weighted by Gasteiger charge is -2.09. The molecule has 1 heterocycles. The quantitative estimate of drug-likeness (QED) is 0.527. The highest BCUT2D eigenvalue weighted by Crippen LogP contribution is 2.17. The third kappa shape index (κ3) is 1.51. The van der Waals surface area contributed by atoms with Crippen LogP contribution in [0.3, 0.4) is 0 Å². The van der Waals surface area contributed by atoms with Gasteiger partial charge in [0.25, 0.3) is 6.23 Å². The van der Waals surface area contributed by atoms with Crippen LogP contribution in [-0.2, 0) is 4.74 Å². The largest absolute Gasteiger partial charge is 0.622 e. The van der Waals surface area contributed by atoms with E-state index in [0.717, 1.165) is 28.9 Å². The number of ether oxygens (including phenoxy) is 1. The Labute approximate surface area is 83.2 Å². The first-order chi connectivity index (χ1) is 6.83. The van der Waals surface area contributed by atoms with Crippen LogP contribution in [0.5, 0.6) is 0 Å². The summed E-state index contributed by atoms with van der Waals surface area (Å²) in [5, 5.41) is 11.7. The number of hydroxylamine groups is 1. The molecule has 0 aromatic heterocycles. The van der Waals surface area contributed by atoms with Crippen molar-refractivity contribution >= 4 is 5.71 Å². The van der Waals surface area contributed by atoms with Gasteiger partial charge in [0.2, 0.25) is 0 Å². The minimum Gasteiger partial charge on any atom is -0.622 e. The van der Waals surface area contributed by atoms with E-state index in [4.69, 9.17) is 4.74 Å². The molecule has 0 N–H and O–H groups in total. The molecule has 0 fully saturated rings. The van der Waals surface area contributed by atoms with E-state index in [1.807, 2.05) is 30.3 Å². The minimum atomic E-state index is -0.301. The maximum atomic E-state index is 11.7. The molecule has 1 aromatic rings. The van der Waals surface area contributed by atoms with Crippen molar-refractivity contribution in [3.63, 3.8) is 0 Å². The SMILES string of the molecule is COC1CCC(c2ccccc2)=[N+]1[O-]. The van der Waals surface area contributed by atoms with Crippen LogP contribution in [0.2, 0.25) is 0 Å². The van der Waals surface area contributed by atoms with Gasteiger partial charge in [-0.15, -0.1) is 0 Å². The summed E-state index contributed by atoms with van der Waals surface area (Å²) in [5.41, 5.74) is 1.83. The number of rotatable bonds is 2. The van der Waals surface area contributed by atoms with Crippen molar-refractivity contribution in [2.75, 3.05) is 7.11 Å². The van der Waals surface area contributed by atoms with Gasteiger partial charge in [0.05, 0.1) is 0 Å². The summed E-state index contributed by atoms with van der Waals surface area (Å²) in [6, 6.07) is 9.74. The summed E-state index contributed by atoms with van der Waals surface area (Å²) in [5.74, 6) is 0. The number of methoxy groups -OCH3 is 1. The van der Waals surface area contributed by atoms with Crippen molar-refractivity contribution in [3.05, 3.63) is 41.1 Å². The van der Waals surface area contributed by atoms with E-state index in [1.165, 1.54) is 0 Å². The fourth-order valence-electron chi connectivity index (χ4n) is 1.78. The van der Waals surface area contributed by atoms with E-state index in [-0.39, 0.29) is 6.23 Å². The van der Waals surface area contributed by atoms with Crippen molar-refractivity contribution in [3.8, 4) is 0 Å². The molecule has 1 unspecified atom stereocenters. The third-order valence-corrected chi connectivity index (χ3v) is 2.53. The van der Waals surface area contributed by atoms with E-state index < -0.39 is 0 Å². The van der Waals surface area contributed by atoms with Crippen molar-refractivity contribution < 1.29 is 9.48 Å². The molecular weight excluding hydrogens is 178 g/mol. The molecule has 2 rings (SSSR count). The number of benzene rings is 1. The standard InChI is InChI=1S/C11H13NO2/c1-14-11-8-7-10(12(11)13)9-5-3-2-4-6-9/h2-6,11H,7-8H2,1H3.